The molecule has 0 spiro atoms. The van der Waals surface area contributed by atoms with Crippen LogP contribution in [0.4, 0.5) is 0 Å². The molecule has 0 aromatic rings. The van der Waals surface area contributed by atoms with E-state index in [1.807, 2.05) is 0 Å². The topological polar surface area (TPSA) is 526 Å². The number of rotatable bonds is 43. The van der Waals surface area contributed by atoms with Gasteiger partial charge in [-0.15, -0.1) is 0 Å². The maximum absolute atomic E-state index is 14.1. The highest BCUT2D eigenvalue weighted by Gasteiger charge is 2.35. The molecular weight excluding hydrogens is 967 g/mol. The van der Waals surface area contributed by atoms with Gasteiger partial charge in [-0.1, -0.05) is 0 Å². The number of hydrogen-bond donors (Lipinski definition) is 17. The maximum Gasteiger partial charge on any atom is 0.303 e. The molecule has 8 atom stereocenters. The molecule has 0 aliphatic rings. The van der Waals surface area contributed by atoms with Crippen LogP contribution in [0.2, 0.25) is 0 Å². The van der Waals surface area contributed by atoms with Gasteiger partial charge in [-0.25, -0.2) is 0 Å². The minimum Gasteiger partial charge on any atom is -0.481 e. The lowest BCUT2D eigenvalue weighted by Gasteiger charge is -2.28. The molecular formula is C44H79N13O16. The molecule has 0 unspecified atom stereocenters. The van der Waals surface area contributed by atoms with Gasteiger partial charge in [-0.05, 0) is 129 Å². The lowest BCUT2D eigenvalue weighted by Crippen LogP contribution is -2.60. The van der Waals surface area contributed by atoms with Crippen LogP contribution in [0, 0.1) is 0 Å². The van der Waals surface area contributed by atoms with E-state index < -0.39 is 164 Å². The average molecular weight is 1050 g/mol. The zero-order valence-corrected chi connectivity index (χ0v) is 41.2. The Morgan fingerprint density at radius 1 is 0.301 bits per heavy atom. The molecule has 0 heterocycles. The minimum absolute atomic E-state index is 0.0267. The van der Waals surface area contributed by atoms with Gasteiger partial charge in [0.05, 0.1) is 6.04 Å². The first-order valence-corrected chi connectivity index (χ1v) is 24.4. The number of aliphatic carboxylic acids is 4. The van der Waals surface area contributed by atoms with E-state index in [-0.39, 0.29) is 64.6 Å². The first-order valence-electron chi connectivity index (χ1n) is 24.4. The average Bonchev–Trinajstić information content (AvgIpc) is 3.32. The van der Waals surface area contributed by atoms with E-state index in [9.17, 15) is 72.9 Å². The Hall–Kier alpha value is -6.56. The zero-order chi connectivity index (χ0) is 55.5. The van der Waals surface area contributed by atoms with E-state index in [0.29, 0.717) is 45.1 Å². The van der Waals surface area contributed by atoms with Gasteiger partial charge in [0.25, 0.3) is 0 Å². The van der Waals surface area contributed by atoms with Crippen LogP contribution in [0.15, 0.2) is 0 Å². The summed E-state index contributed by atoms with van der Waals surface area (Å²) in [6.45, 7) is 0.818. The molecule has 0 aliphatic carbocycles. The van der Waals surface area contributed by atoms with Gasteiger partial charge in [0, 0.05) is 25.7 Å². The van der Waals surface area contributed by atoms with Crippen LogP contribution in [0.25, 0.3) is 0 Å². The summed E-state index contributed by atoms with van der Waals surface area (Å²) in [4.78, 5) is 154. The van der Waals surface area contributed by atoms with Crippen molar-refractivity contribution in [1.29, 1.82) is 0 Å². The molecule has 0 radical (unpaired) electrons. The molecule has 0 bridgehead atoms. The molecule has 0 saturated carbocycles. The molecule has 416 valence electrons. The third kappa shape index (κ3) is 30.2. The third-order valence-corrected chi connectivity index (χ3v) is 11.2. The molecule has 23 N–H and O–H groups in total. The third-order valence-electron chi connectivity index (χ3n) is 11.2. The highest BCUT2D eigenvalue weighted by atomic mass is 16.4. The number of nitrogens with one attached hydrogen (secondary N) is 7. The van der Waals surface area contributed by atoms with Crippen LogP contribution in [-0.4, -0.2) is 166 Å². The second-order valence-corrected chi connectivity index (χ2v) is 17.3. The molecule has 0 rings (SSSR count). The first-order chi connectivity index (χ1) is 34.5. The normalized spacial score (nSPS) is 14.3. The number of nitrogens with two attached hydrogens (primary N) is 6. The summed E-state index contributed by atoms with van der Waals surface area (Å²) in [5, 5.41) is 54.4. The van der Waals surface area contributed by atoms with Crippen molar-refractivity contribution in [2.45, 2.75) is 177 Å². The van der Waals surface area contributed by atoms with E-state index in [4.69, 9.17) is 39.5 Å². The molecule has 0 saturated heterocycles. The number of carboxylic acid groups (broad SMARTS) is 4. The number of unbranched alkanes of at least 4 members (excludes halogenated alkanes) is 4. The van der Waals surface area contributed by atoms with Gasteiger partial charge < -0.3 is 92.0 Å². The smallest absolute Gasteiger partial charge is 0.303 e. The Labute approximate surface area is 422 Å². The first kappa shape index (κ1) is 66.4. The zero-order valence-electron chi connectivity index (χ0n) is 41.2. The van der Waals surface area contributed by atoms with Crippen LogP contribution in [0.5, 0.6) is 0 Å². The van der Waals surface area contributed by atoms with Gasteiger partial charge in [-0.3, -0.25) is 57.5 Å². The van der Waals surface area contributed by atoms with Crippen molar-refractivity contribution in [2.24, 2.45) is 34.4 Å². The summed E-state index contributed by atoms with van der Waals surface area (Å²) in [5.41, 5.74) is 33.8. The van der Waals surface area contributed by atoms with Crippen molar-refractivity contribution < 1.29 is 78.0 Å². The number of carboxylic acids is 4. The Kier molecular flexibility index (Phi) is 34.7. The van der Waals surface area contributed by atoms with Gasteiger partial charge in [0.1, 0.15) is 42.3 Å². The fourth-order valence-electron chi connectivity index (χ4n) is 7.00. The van der Waals surface area contributed by atoms with Crippen molar-refractivity contribution in [3.05, 3.63) is 0 Å². The molecule has 0 aliphatic heterocycles. The molecule has 8 amide bonds. The SMILES string of the molecule is NCCCC[C@H](NC(=O)[C@H](CCC(=O)O)NC(=O)[C@H](CCCCN)NC(=O)[C@H](CCC(=O)O)NC(=O)[C@H](CCCCN)NC(=O)[C@H](CCC(=O)O)NC(=O)[C@H](CCCCN)NC(=O)[C@@H](N)CCC(=O)O)C(N)=O. The van der Waals surface area contributed by atoms with Gasteiger partial charge >= 0.3 is 23.9 Å². The van der Waals surface area contributed by atoms with Crippen molar-refractivity contribution in [3.63, 3.8) is 0 Å². The van der Waals surface area contributed by atoms with E-state index in [2.05, 4.69) is 37.2 Å². The lowest BCUT2D eigenvalue weighted by atomic mass is 10.0. The largest absolute Gasteiger partial charge is 0.481 e. The number of primary amides is 1. The van der Waals surface area contributed by atoms with E-state index >= 15 is 0 Å². The molecule has 29 heteroatoms. The fraction of sp³-hybridized carbons (Fsp3) is 0.727. The molecule has 0 aromatic heterocycles. The van der Waals surface area contributed by atoms with Gasteiger partial charge in [0.2, 0.25) is 47.3 Å². The predicted octanol–water partition coefficient (Wildman–Crippen LogP) is -4.83. The second kappa shape index (κ2) is 38.1. The number of hydrogen-bond acceptors (Lipinski definition) is 17. The van der Waals surface area contributed by atoms with Crippen molar-refractivity contribution in [1.82, 2.24) is 37.2 Å². The standard InChI is InChI=1S/C44H79N13O16/c45-21-5-1-9-26(37(50)66)51-42(71)30(14-18-34(60)61)55-40(69)28(11-3-7-23-47)53-44(73)32(16-20-36(64)65)57-41(70)29(12-4-8-24-48)54-43(72)31(15-19-35(62)63)56-39(68)27(10-2-6-22-46)52-38(67)25(49)13-17-33(58)59/h25-32H,1-24,45-49H2,(H2,50,66)(H,51,71)(H,52,67)(H,53,73)(H,54,72)(H,55,69)(H,56,68)(H,57,70)(H,58,59)(H,60,61)(H,62,63)(H,64,65)/t25-,26-,27-,28-,29-,30-,31-,32-/m0/s1. The maximum atomic E-state index is 14.1. The van der Waals surface area contributed by atoms with Crippen LogP contribution in [0.1, 0.15) is 128 Å². The molecule has 29 nitrogen and oxygen atoms in total. The van der Waals surface area contributed by atoms with E-state index in [0.717, 1.165) is 0 Å². The van der Waals surface area contributed by atoms with Crippen LogP contribution in [-0.2, 0) is 57.5 Å². The van der Waals surface area contributed by atoms with E-state index in [1.54, 1.807) is 0 Å². The summed E-state index contributed by atoms with van der Waals surface area (Å²) in [6.07, 6.45) is -1.80. The summed E-state index contributed by atoms with van der Waals surface area (Å²) < 4.78 is 0. The lowest BCUT2D eigenvalue weighted by molar-refractivity contribution is -0.139. The van der Waals surface area contributed by atoms with Gasteiger partial charge in [0.15, 0.2) is 0 Å². The number of carbonyl (C=O) groups excluding carboxylic acids is 8. The Morgan fingerprint density at radius 2 is 0.507 bits per heavy atom. The van der Waals surface area contributed by atoms with Crippen LogP contribution < -0.4 is 71.6 Å². The van der Waals surface area contributed by atoms with Crippen molar-refractivity contribution >= 4 is 71.1 Å². The Balaban J connectivity index is 6.83. The quantitative estimate of drug-likeness (QED) is 0.0255. The fourth-order valence-corrected chi connectivity index (χ4v) is 7.00. The van der Waals surface area contributed by atoms with Crippen LogP contribution >= 0.6 is 0 Å². The minimum atomic E-state index is -1.71. The summed E-state index contributed by atoms with van der Waals surface area (Å²) >= 11 is 0. The van der Waals surface area contributed by atoms with Crippen molar-refractivity contribution in [2.75, 3.05) is 26.2 Å². The predicted molar refractivity (Wildman–Crippen MR) is 260 cm³/mol. The highest BCUT2D eigenvalue weighted by molar-refractivity contribution is 5.98. The molecule has 0 aromatic carbocycles. The van der Waals surface area contributed by atoms with Crippen molar-refractivity contribution in [3.8, 4) is 0 Å². The summed E-state index contributed by atoms with van der Waals surface area (Å²) in [6, 6.07) is -11.8. The summed E-state index contributed by atoms with van der Waals surface area (Å²) in [5.74, 6) is -13.2. The number of carbonyl (C=O) groups is 12. The van der Waals surface area contributed by atoms with Gasteiger partial charge in [-0.2, -0.15) is 0 Å². The summed E-state index contributed by atoms with van der Waals surface area (Å²) in [7, 11) is 0. The molecule has 0 fully saturated rings. The highest BCUT2D eigenvalue weighted by Crippen LogP contribution is 2.11. The monoisotopic (exact) mass is 1050 g/mol. The van der Waals surface area contributed by atoms with E-state index in [1.165, 1.54) is 0 Å². The Morgan fingerprint density at radius 3 is 0.740 bits per heavy atom. The number of amides is 8. The van der Waals surface area contributed by atoms with Crippen LogP contribution in [0.3, 0.4) is 0 Å². The Bertz CT molecular complexity index is 1830. The second-order valence-electron chi connectivity index (χ2n) is 17.3. The molecule has 73 heavy (non-hydrogen) atoms.